The van der Waals surface area contributed by atoms with Gasteiger partial charge in [-0.2, -0.15) is 0 Å². The third-order valence-corrected chi connectivity index (χ3v) is 4.50. The summed E-state index contributed by atoms with van der Waals surface area (Å²) in [6.07, 6.45) is 0. The number of fused-ring (bicyclic) bond motifs is 1. The van der Waals surface area contributed by atoms with E-state index in [2.05, 4.69) is 25.9 Å². The van der Waals surface area contributed by atoms with Crippen molar-refractivity contribution in [1.82, 2.24) is 9.97 Å². The van der Waals surface area contributed by atoms with Crippen molar-refractivity contribution < 1.29 is 4.79 Å². The SMILES string of the molecule is O=C(CSc1nc2ccccc2c(=O)[nH]1)c1ccc(Br)cc1. The summed E-state index contributed by atoms with van der Waals surface area (Å²) in [4.78, 5) is 31.1. The highest BCUT2D eigenvalue weighted by Crippen LogP contribution is 2.17. The standard InChI is InChI=1S/C16H11BrN2O2S/c17-11-7-5-10(6-8-11)14(20)9-22-16-18-13-4-2-1-3-12(13)15(21)19-16/h1-8H,9H2,(H,18,19,21). The third kappa shape index (κ3) is 3.28. The second kappa shape index (κ2) is 6.46. The summed E-state index contributed by atoms with van der Waals surface area (Å²) in [5.74, 6) is 0.219. The third-order valence-electron chi connectivity index (χ3n) is 3.10. The van der Waals surface area contributed by atoms with Gasteiger partial charge in [-0.1, -0.05) is 52.0 Å². The van der Waals surface area contributed by atoms with Gasteiger partial charge in [0, 0.05) is 10.0 Å². The first-order valence-electron chi connectivity index (χ1n) is 6.54. The van der Waals surface area contributed by atoms with Gasteiger partial charge in [-0.3, -0.25) is 9.59 Å². The monoisotopic (exact) mass is 374 g/mol. The molecule has 0 fully saturated rings. The van der Waals surface area contributed by atoms with E-state index in [1.165, 1.54) is 11.8 Å². The second-order valence-electron chi connectivity index (χ2n) is 4.61. The summed E-state index contributed by atoms with van der Waals surface area (Å²) < 4.78 is 0.928. The van der Waals surface area contributed by atoms with Crippen molar-refractivity contribution in [3.8, 4) is 0 Å². The lowest BCUT2D eigenvalue weighted by atomic mass is 10.2. The van der Waals surface area contributed by atoms with E-state index in [9.17, 15) is 9.59 Å². The molecule has 0 amide bonds. The Kier molecular flexibility index (Phi) is 4.40. The number of nitrogens with one attached hydrogen (secondary N) is 1. The average molecular weight is 375 g/mol. The van der Waals surface area contributed by atoms with Gasteiger partial charge < -0.3 is 4.98 Å². The number of Topliss-reactive ketones (excluding diaryl/α,β-unsaturated/α-hetero) is 1. The van der Waals surface area contributed by atoms with Gasteiger partial charge in [0.15, 0.2) is 10.9 Å². The molecule has 0 saturated heterocycles. The van der Waals surface area contributed by atoms with Crippen LogP contribution in [0.1, 0.15) is 10.4 Å². The number of aromatic amines is 1. The molecular weight excluding hydrogens is 364 g/mol. The highest BCUT2D eigenvalue weighted by molar-refractivity contribution is 9.10. The van der Waals surface area contributed by atoms with Gasteiger partial charge in [0.1, 0.15) is 0 Å². The average Bonchev–Trinajstić information content (AvgIpc) is 2.53. The first-order chi connectivity index (χ1) is 10.6. The molecule has 3 aromatic rings. The van der Waals surface area contributed by atoms with Crippen molar-refractivity contribution in [3.63, 3.8) is 0 Å². The maximum absolute atomic E-state index is 12.1. The van der Waals surface area contributed by atoms with Crippen LogP contribution < -0.4 is 5.56 Å². The number of thioether (sulfide) groups is 1. The fourth-order valence-electron chi connectivity index (χ4n) is 1.99. The Labute approximate surface area is 139 Å². The molecule has 3 rings (SSSR count). The van der Waals surface area contributed by atoms with E-state index in [0.29, 0.717) is 21.6 Å². The quantitative estimate of drug-likeness (QED) is 0.430. The number of carbonyl (C=O) groups is 1. The fourth-order valence-corrected chi connectivity index (χ4v) is 3.01. The normalized spacial score (nSPS) is 10.8. The molecule has 6 heteroatoms. The number of aromatic nitrogens is 2. The Morgan fingerprint density at radius 2 is 1.86 bits per heavy atom. The summed E-state index contributed by atoms with van der Waals surface area (Å²) in [6.45, 7) is 0. The fraction of sp³-hybridized carbons (Fsp3) is 0.0625. The molecule has 0 radical (unpaired) electrons. The maximum atomic E-state index is 12.1. The van der Waals surface area contributed by atoms with Crippen molar-refractivity contribution in [2.24, 2.45) is 0 Å². The number of ketones is 1. The largest absolute Gasteiger partial charge is 0.301 e. The number of halogens is 1. The van der Waals surface area contributed by atoms with Crippen molar-refractivity contribution in [1.29, 1.82) is 0 Å². The first kappa shape index (κ1) is 15.0. The van der Waals surface area contributed by atoms with Gasteiger partial charge in [0.25, 0.3) is 5.56 Å². The lowest BCUT2D eigenvalue weighted by Crippen LogP contribution is -2.10. The molecule has 0 spiro atoms. The molecule has 0 aliphatic heterocycles. The van der Waals surface area contributed by atoms with Crippen molar-refractivity contribution in [2.45, 2.75) is 5.16 Å². The topological polar surface area (TPSA) is 62.8 Å². The van der Waals surface area contributed by atoms with Crippen molar-refractivity contribution in [3.05, 3.63) is 68.9 Å². The van der Waals surface area contributed by atoms with Crippen LogP contribution in [0.25, 0.3) is 10.9 Å². The van der Waals surface area contributed by atoms with Crippen molar-refractivity contribution >= 4 is 44.4 Å². The molecular formula is C16H11BrN2O2S. The van der Waals surface area contributed by atoms with E-state index in [1.807, 2.05) is 18.2 Å². The van der Waals surface area contributed by atoms with Gasteiger partial charge in [-0.15, -0.1) is 0 Å². The van der Waals surface area contributed by atoms with Crippen LogP contribution >= 0.6 is 27.7 Å². The van der Waals surface area contributed by atoms with Crippen LogP contribution in [0, 0.1) is 0 Å². The predicted molar refractivity (Wildman–Crippen MR) is 91.6 cm³/mol. The summed E-state index contributed by atoms with van der Waals surface area (Å²) >= 11 is 4.56. The molecule has 110 valence electrons. The van der Waals surface area contributed by atoms with Gasteiger partial charge >= 0.3 is 0 Å². The van der Waals surface area contributed by atoms with Gasteiger partial charge in [-0.05, 0) is 24.3 Å². The Morgan fingerprint density at radius 3 is 2.64 bits per heavy atom. The summed E-state index contributed by atoms with van der Waals surface area (Å²) in [7, 11) is 0. The summed E-state index contributed by atoms with van der Waals surface area (Å²) in [5, 5.41) is 1.00. The minimum Gasteiger partial charge on any atom is -0.301 e. The minimum absolute atomic E-state index is 0.00620. The van der Waals surface area contributed by atoms with Crippen LogP contribution in [0.2, 0.25) is 0 Å². The Morgan fingerprint density at radius 1 is 1.14 bits per heavy atom. The predicted octanol–water partition coefficient (Wildman–Crippen LogP) is 3.66. The number of nitrogens with zero attached hydrogens (tertiary/aromatic N) is 1. The number of hydrogen-bond donors (Lipinski definition) is 1. The number of benzene rings is 2. The lowest BCUT2D eigenvalue weighted by Gasteiger charge is -2.03. The molecule has 0 unspecified atom stereocenters. The van der Waals surface area contributed by atoms with Gasteiger partial charge in [0.2, 0.25) is 0 Å². The summed E-state index contributed by atoms with van der Waals surface area (Å²) in [5.41, 5.74) is 1.08. The zero-order chi connectivity index (χ0) is 15.5. The highest BCUT2D eigenvalue weighted by atomic mass is 79.9. The van der Waals surface area contributed by atoms with Crippen LogP contribution in [0.5, 0.6) is 0 Å². The number of hydrogen-bond acceptors (Lipinski definition) is 4. The number of rotatable bonds is 4. The van der Waals surface area contributed by atoms with Crippen LogP contribution in [0.3, 0.4) is 0 Å². The smallest absolute Gasteiger partial charge is 0.259 e. The first-order valence-corrected chi connectivity index (χ1v) is 8.32. The molecule has 0 aliphatic carbocycles. The van der Waals surface area contributed by atoms with Crippen molar-refractivity contribution in [2.75, 3.05) is 5.75 Å². The van der Waals surface area contributed by atoms with E-state index in [4.69, 9.17) is 0 Å². The molecule has 4 nitrogen and oxygen atoms in total. The highest BCUT2D eigenvalue weighted by Gasteiger charge is 2.09. The van der Waals surface area contributed by atoms with Crippen LogP contribution in [-0.2, 0) is 0 Å². The van der Waals surface area contributed by atoms with E-state index >= 15 is 0 Å². The lowest BCUT2D eigenvalue weighted by molar-refractivity contribution is 0.102. The second-order valence-corrected chi connectivity index (χ2v) is 6.49. The maximum Gasteiger partial charge on any atom is 0.259 e. The molecule has 1 heterocycles. The van der Waals surface area contributed by atoms with Gasteiger partial charge in [-0.25, -0.2) is 4.98 Å². The Balaban J connectivity index is 1.77. The molecule has 0 saturated carbocycles. The number of para-hydroxylation sites is 1. The number of carbonyl (C=O) groups excluding carboxylic acids is 1. The van der Waals surface area contributed by atoms with Crippen LogP contribution in [-0.4, -0.2) is 21.5 Å². The minimum atomic E-state index is -0.191. The summed E-state index contributed by atoms with van der Waals surface area (Å²) in [6, 6.07) is 14.3. The van der Waals surface area contributed by atoms with Crippen LogP contribution in [0.15, 0.2) is 63.0 Å². The van der Waals surface area contributed by atoms with E-state index < -0.39 is 0 Å². The van der Waals surface area contributed by atoms with E-state index in [-0.39, 0.29) is 17.1 Å². The van der Waals surface area contributed by atoms with Crippen LogP contribution in [0.4, 0.5) is 0 Å². The van der Waals surface area contributed by atoms with Gasteiger partial charge in [0.05, 0.1) is 16.7 Å². The number of H-pyrrole nitrogens is 1. The molecule has 1 aromatic heterocycles. The Bertz CT molecular complexity index is 891. The molecule has 0 atom stereocenters. The van der Waals surface area contributed by atoms with E-state index in [1.54, 1.807) is 30.3 Å². The Hall–Kier alpha value is -1.92. The molecule has 22 heavy (non-hydrogen) atoms. The molecule has 1 N–H and O–H groups in total. The zero-order valence-electron chi connectivity index (χ0n) is 11.4. The molecule has 0 bridgehead atoms. The molecule has 0 aliphatic rings. The van der Waals surface area contributed by atoms with E-state index in [0.717, 1.165) is 4.47 Å². The zero-order valence-corrected chi connectivity index (χ0v) is 13.8. The molecule has 2 aromatic carbocycles.